The summed E-state index contributed by atoms with van der Waals surface area (Å²) in [5, 5.41) is 0. The number of hydrogen-bond acceptors (Lipinski definition) is 5. The number of imidazole rings is 1. The van der Waals surface area contributed by atoms with Crippen molar-refractivity contribution in [3.63, 3.8) is 0 Å². The number of aromatic nitrogens is 2. The van der Waals surface area contributed by atoms with Crippen LogP contribution < -0.4 is 9.47 Å². The van der Waals surface area contributed by atoms with E-state index in [0.29, 0.717) is 5.92 Å². The summed E-state index contributed by atoms with van der Waals surface area (Å²) in [5.41, 5.74) is 6.22. The molecule has 2 heterocycles. The molecule has 1 aromatic heterocycles. The molecule has 3 aromatic carbocycles. The average molecular weight is 553 g/mol. The van der Waals surface area contributed by atoms with Crippen LogP contribution in [-0.2, 0) is 6.42 Å². The topological polar surface area (TPSA) is 53.6 Å². The molecule has 2 atom stereocenters. The van der Waals surface area contributed by atoms with Gasteiger partial charge in [-0.25, -0.2) is 4.98 Å². The van der Waals surface area contributed by atoms with Gasteiger partial charge in [-0.1, -0.05) is 67.9 Å². The highest BCUT2D eigenvalue weighted by Gasteiger charge is 2.27. The van der Waals surface area contributed by atoms with E-state index in [9.17, 15) is 0 Å². The van der Waals surface area contributed by atoms with Gasteiger partial charge in [0.15, 0.2) is 0 Å². The molecule has 1 fully saturated rings. The van der Waals surface area contributed by atoms with Gasteiger partial charge >= 0.3 is 0 Å². The van der Waals surface area contributed by atoms with Gasteiger partial charge in [-0.05, 0) is 61.7 Å². The summed E-state index contributed by atoms with van der Waals surface area (Å²) in [6.45, 7) is 9.87. The summed E-state index contributed by atoms with van der Waals surface area (Å²) < 4.78 is 10.8. The van der Waals surface area contributed by atoms with Crippen molar-refractivity contribution in [3.05, 3.63) is 101 Å². The maximum Gasteiger partial charge on any atom is 0.138 e. The van der Waals surface area contributed by atoms with E-state index < -0.39 is 0 Å². The van der Waals surface area contributed by atoms with Gasteiger partial charge in [0.1, 0.15) is 17.3 Å². The van der Waals surface area contributed by atoms with Crippen LogP contribution in [-0.4, -0.2) is 66.7 Å². The minimum atomic E-state index is 0.269. The van der Waals surface area contributed by atoms with Crippen molar-refractivity contribution in [1.29, 1.82) is 0 Å². The molecule has 0 saturated carbocycles. The van der Waals surface area contributed by atoms with Crippen LogP contribution in [0.2, 0.25) is 0 Å². The molecule has 0 spiro atoms. The Kier molecular flexibility index (Phi) is 9.75. The molecule has 2 unspecified atom stereocenters. The zero-order valence-corrected chi connectivity index (χ0v) is 25.0. The van der Waals surface area contributed by atoms with Crippen LogP contribution in [0, 0.1) is 0 Å². The van der Waals surface area contributed by atoms with Crippen LogP contribution in [0.3, 0.4) is 0 Å². The number of methoxy groups -OCH3 is 2. The molecule has 1 saturated heterocycles. The highest BCUT2D eigenvalue weighted by molar-refractivity contribution is 5.58. The van der Waals surface area contributed by atoms with Gasteiger partial charge in [-0.3, -0.25) is 4.90 Å². The Balaban J connectivity index is 1.23. The highest BCUT2D eigenvalue weighted by Crippen LogP contribution is 2.31. The van der Waals surface area contributed by atoms with Crippen molar-refractivity contribution in [2.75, 3.05) is 46.9 Å². The second-order valence-electron chi connectivity index (χ2n) is 11.0. The van der Waals surface area contributed by atoms with Crippen LogP contribution in [0.25, 0.3) is 11.4 Å². The molecule has 4 aromatic rings. The normalized spacial score (nSPS) is 15.9. The summed E-state index contributed by atoms with van der Waals surface area (Å²) >= 11 is 0. The number of aryl methyl sites for hydroxylation is 1. The standard InChI is InChI=1S/C35H44N4O2/c1-5-10-33-34(37-35(36-33)29-13-9-14-31(25-29)41-4)26(2)39-23-21-38(22-24-39)20-19-32(27-11-7-6-8-12-27)28-15-17-30(40-3)18-16-28/h6-9,11-18,25-26,32H,5,10,19-24H2,1-4H3,(H,36,37). The van der Waals surface area contributed by atoms with E-state index in [0.717, 1.165) is 74.9 Å². The molecule has 1 aliphatic heterocycles. The molecule has 5 rings (SSSR count). The van der Waals surface area contributed by atoms with Crippen molar-refractivity contribution >= 4 is 0 Å². The number of piperazine rings is 1. The first kappa shape index (κ1) is 28.9. The minimum Gasteiger partial charge on any atom is -0.497 e. The van der Waals surface area contributed by atoms with Gasteiger partial charge in [0.2, 0.25) is 0 Å². The third kappa shape index (κ3) is 7.00. The fourth-order valence-corrected chi connectivity index (χ4v) is 6.02. The predicted molar refractivity (Wildman–Crippen MR) is 167 cm³/mol. The average Bonchev–Trinajstić information content (AvgIpc) is 3.46. The molecule has 6 nitrogen and oxygen atoms in total. The molecular weight excluding hydrogens is 508 g/mol. The molecule has 0 amide bonds. The summed E-state index contributed by atoms with van der Waals surface area (Å²) in [4.78, 5) is 14.0. The van der Waals surface area contributed by atoms with Crippen LogP contribution in [0.1, 0.15) is 61.2 Å². The zero-order chi connectivity index (χ0) is 28.6. The van der Waals surface area contributed by atoms with E-state index in [1.165, 1.54) is 22.5 Å². The molecule has 6 heteroatoms. The summed E-state index contributed by atoms with van der Waals surface area (Å²) in [6.07, 6.45) is 3.18. The maximum absolute atomic E-state index is 5.45. The van der Waals surface area contributed by atoms with Gasteiger partial charge in [-0.2, -0.15) is 0 Å². The lowest BCUT2D eigenvalue weighted by Crippen LogP contribution is -2.47. The van der Waals surface area contributed by atoms with Crippen LogP contribution in [0.4, 0.5) is 0 Å². The molecular formula is C35H44N4O2. The third-order valence-electron chi connectivity index (χ3n) is 8.46. The fraction of sp³-hybridized carbons (Fsp3) is 0.400. The van der Waals surface area contributed by atoms with Crippen LogP contribution in [0.5, 0.6) is 11.5 Å². The first-order chi connectivity index (χ1) is 20.1. The molecule has 0 aliphatic carbocycles. The first-order valence-corrected chi connectivity index (χ1v) is 15.0. The smallest absolute Gasteiger partial charge is 0.138 e. The molecule has 41 heavy (non-hydrogen) atoms. The van der Waals surface area contributed by atoms with E-state index in [2.05, 4.69) is 95.4 Å². The molecule has 0 radical (unpaired) electrons. The van der Waals surface area contributed by atoms with Crippen molar-refractivity contribution in [2.45, 2.75) is 45.1 Å². The predicted octanol–water partition coefficient (Wildman–Crippen LogP) is 6.95. The Morgan fingerprint density at radius 1 is 0.829 bits per heavy atom. The number of rotatable bonds is 12. The number of nitrogens with one attached hydrogen (secondary N) is 1. The first-order valence-electron chi connectivity index (χ1n) is 15.0. The van der Waals surface area contributed by atoms with Crippen molar-refractivity contribution in [3.8, 4) is 22.9 Å². The van der Waals surface area contributed by atoms with Crippen molar-refractivity contribution in [1.82, 2.24) is 19.8 Å². The van der Waals surface area contributed by atoms with E-state index in [-0.39, 0.29) is 6.04 Å². The zero-order valence-electron chi connectivity index (χ0n) is 25.0. The number of ether oxygens (including phenoxy) is 2. The summed E-state index contributed by atoms with van der Waals surface area (Å²) in [6, 6.07) is 27.9. The van der Waals surface area contributed by atoms with E-state index in [1.807, 2.05) is 12.1 Å². The second kappa shape index (κ2) is 13.8. The minimum absolute atomic E-state index is 0.269. The van der Waals surface area contributed by atoms with Gasteiger partial charge < -0.3 is 19.4 Å². The van der Waals surface area contributed by atoms with E-state index in [1.54, 1.807) is 14.2 Å². The number of aromatic amines is 1. The highest BCUT2D eigenvalue weighted by atomic mass is 16.5. The maximum atomic E-state index is 5.45. The van der Waals surface area contributed by atoms with E-state index >= 15 is 0 Å². The third-order valence-corrected chi connectivity index (χ3v) is 8.46. The van der Waals surface area contributed by atoms with Gasteiger partial charge in [0.25, 0.3) is 0 Å². The second-order valence-corrected chi connectivity index (χ2v) is 11.0. The monoisotopic (exact) mass is 552 g/mol. The summed E-state index contributed by atoms with van der Waals surface area (Å²) in [7, 11) is 3.43. The van der Waals surface area contributed by atoms with Crippen molar-refractivity contribution in [2.24, 2.45) is 0 Å². The Bertz CT molecular complexity index is 1360. The number of H-pyrrole nitrogens is 1. The largest absolute Gasteiger partial charge is 0.497 e. The number of benzene rings is 3. The lowest BCUT2D eigenvalue weighted by Gasteiger charge is -2.38. The lowest BCUT2D eigenvalue weighted by molar-refractivity contribution is 0.0991. The lowest BCUT2D eigenvalue weighted by atomic mass is 9.88. The van der Waals surface area contributed by atoms with Gasteiger partial charge in [0, 0.05) is 43.4 Å². The Morgan fingerprint density at radius 3 is 2.22 bits per heavy atom. The van der Waals surface area contributed by atoms with Crippen LogP contribution in [0.15, 0.2) is 78.9 Å². The molecule has 1 aliphatic rings. The molecule has 1 N–H and O–H groups in total. The Morgan fingerprint density at radius 2 is 1.54 bits per heavy atom. The Labute approximate surface area is 245 Å². The number of hydrogen-bond donors (Lipinski definition) is 1. The molecule has 0 bridgehead atoms. The Hall–Kier alpha value is -3.61. The number of nitrogens with zero attached hydrogens (tertiary/aromatic N) is 3. The van der Waals surface area contributed by atoms with Crippen LogP contribution >= 0.6 is 0 Å². The van der Waals surface area contributed by atoms with Gasteiger partial charge in [-0.15, -0.1) is 0 Å². The SMILES string of the molecule is CCCc1[nH]c(-c2cccc(OC)c2)nc1C(C)N1CCN(CCC(c2ccccc2)c2ccc(OC)cc2)CC1. The summed E-state index contributed by atoms with van der Waals surface area (Å²) in [5.74, 6) is 3.05. The molecule has 216 valence electrons. The van der Waals surface area contributed by atoms with Crippen molar-refractivity contribution < 1.29 is 9.47 Å². The quantitative estimate of drug-likeness (QED) is 0.206. The fourth-order valence-electron chi connectivity index (χ4n) is 6.02. The van der Waals surface area contributed by atoms with E-state index in [4.69, 9.17) is 14.5 Å². The van der Waals surface area contributed by atoms with Gasteiger partial charge in [0.05, 0.1) is 26.0 Å².